The first-order valence-electron chi connectivity index (χ1n) is 8.47. The zero-order valence-corrected chi connectivity index (χ0v) is 13.9. The summed E-state index contributed by atoms with van der Waals surface area (Å²) < 4.78 is 0. The Bertz CT molecular complexity index is 751. The number of pyridine rings is 1. The molecule has 5 nitrogen and oxygen atoms in total. The van der Waals surface area contributed by atoms with Gasteiger partial charge < -0.3 is 10.6 Å². The fourth-order valence-corrected chi connectivity index (χ4v) is 3.59. The molecule has 2 aliphatic heterocycles. The molecule has 0 atom stereocenters. The lowest BCUT2D eigenvalue weighted by atomic mass is 9.92. The van der Waals surface area contributed by atoms with Crippen LogP contribution in [0, 0.1) is 6.92 Å². The third kappa shape index (κ3) is 2.87. The van der Waals surface area contributed by atoms with Crippen molar-refractivity contribution in [1.29, 1.82) is 0 Å². The van der Waals surface area contributed by atoms with Crippen molar-refractivity contribution in [2.24, 2.45) is 0 Å². The maximum absolute atomic E-state index is 12.5. The molecule has 4 rings (SSSR count). The minimum absolute atomic E-state index is 0.0330. The summed E-state index contributed by atoms with van der Waals surface area (Å²) in [5, 5.41) is 6.79. The second kappa shape index (κ2) is 5.91. The van der Waals surface area contributed by atoms with Gasteiger partial charge in [0.25, 0.3) is 5.91 Å². The normalized spacial score (nSPS) is 19.5. The van der Waals surface area contributed by atoms with Crippen LogP contribution in [0.3, 0.4) is 0 Å². The summed E-state index contributed by atoms with van der Waals surface area (Å²) in [6.07, 6.45) is 3.61. The Morgan fingerprint density at radius 1 is 1.17 bits per heavy atom. The Hall–Kier alpha value is -2.40. The van der Waals surface area contributed by atoms with Crippen LogP contribution in [0.25, 0.3) is 0 Å². The summed E-state index contributed by atoms with van der Waals surface area (Å²) in [6, 6.07) is 12.0. The third-order valence-corrected chi connectivity index (χ3v) is 4.97. The SMILES string of the molecule is Cc1ccc2c(c1)C(=O)NC1(CCN(Cc3ccccn3)CC1)N2. The number of hydrogen-bond donors (Lipinski definition) is 2. The van der Waals surface area contributed by atoms with Crippen molar-refractivity contribution < 1.29 is 4.79 Å². The number of anilines is 1. The molecule has 1 fully saturated rings. The molecule has 1 amide bonds. The number of nitrogens with one attached hydrogen (secondary N) is 2. The Kier molecular flexibility index (Phi) is 3.73. The van der Waals surface area contributed by atoms with E-state index in [2.05, 4.69) is 26.6 Å². The molecular formula is C19H22N4O. The Labute approximate surface area is 142 Å². The molecule has 1 aromatic heterocycles. The number of fused-ring (bicyclic) bond motifs is 1. The molecule has 1 spiro atoms. The lowest BCUT2D eigenvalue weighted by Gasteiger charge is -2.46. The van der Waals surface area contributed by atoms with Crippen molar-refractivity contribution in [2.75, 3.05) is 18.4 Å². The zero-order valence-electron chi connectivity index (χ0n) is 13.9. The predicted molar refractivity (Wildman–Crippen MR) is 93.7 cm³/mol. The van der Waals surface area contributed by atoms with Crippen molar-refractivity contribution in [1.82, 2.24) is 15.2 Å². The second-order valence-corrected chi connectivity index (χ2v) is 6.81. The topological polar surface area (TPSA) is 57.3 Å². The predicted octanol–water partition coefficient (Wildman–Crippen LogP) is 2.54. The van der Waals surface area contributed by atoms with Gasteiger partial charge in [0, 0.05) is 44.4 Å². The first-order chi connectivity index (χ1) is 11.6. The molecule has 124 valence electrons. The van der Waals surface area contributed by atoms with Crippen LogP contribution in [0.15, 0.2) is 42.6 Å². The summed E-state index contributed by atoms with van der Waals surface area (Å²) in [5.41, 5.74) is 3.57. The summed E-state index contributed by atoms with van der Waals surface area (Å²) in [4.78, 5) is 19.3. The van der Waals surface area contributed by atoms with Crippen LogP contribution in [-0.2, 0) is 6.54 Å². The lowest BCUT2D eigenvalue weighted by molar-refractivity contribution is 0.0821. The molecule has 2 aromatic rings. The molecule has 0 aliphatic carbocycles. The average molecular weight is 322 g/mol. The van der Waals surface area contributed by atoms with Gasteiger partial charge in [0.2, 0.25) is 0 Å². The summed E-state index contributed by atoms with van der Waals surface area (Å²) >= 11 is 0. The third-order valence-electron chi connectivity index (χ3n) is 4.97. The fraction of sp³-hybridized carbons (Fsp3) is 0.368. The highest BCUT2D eigenvalue weighted by Gasteiger charge is 2.40. The van der Waals surface area contributed by atoms with E-state index < -0.39 is 0 Å². The van der Waals surface area contributed by atoms with E-state index in [0.717, 1.165) is 55.0 Å². The van der Waals surface area contributed by atoms with Gasteiger partial charge in [0.1, 0.15) is 5.66 Å². The van der Waals surface area contributed by atoms with Crippen LogP contribution >= 0.6 is 0 Å². The number of nitrogens with zero attached hydrogens (tertiary/aromatic N) is 2. The lowest BCUT2D eigenvalue weighted by Crippen LogP contribution is -2.62. The van der Waals surface area contributed by atoms with Crippen LogP contribution in [0.4, 0.5) is 5.69 Å². The minimum atomic E-state index is -0.319. The highest BCUT2D eigenvalue weighted by atomic mass is 16.2. The summed E-state index contributed by atoms with van der Waals surface area (Å²) in [6.45, 7) is 4.74. The van der Waals surface area contributed by atoms with Crippen molar-refractivity contribution in [3.05, 3.63) is 59.4 Å². The van der Waals surface area contributed by atoms with E-state index in [1.807, 2.05) is 43.5 Å². The Balaban J connectivity index is 1.45. The van der Waals surface area contributed by atoms with Gasteiger partial charge in [-0.1, -0.05) is 17.7 Å². The number of hydrogen-bond acceptors (Lipinski definition) is 4. The number of rotatable bonds is 2. The molecule has 3 heterocycles. The minimum Gasteiger partial charge on any atom is -0.362 e. The molecule has 0 radical (unpaired) electrons. The van der Waals surface area contributed by atoms with Crippen molar-refractivity contribution in [3.8, 4) is 0 Å². The number of likely N-dealkylation sites (tertiary alicyclic amines) is 1. The molecule has 5 heteroatoms. The summed E-state index contributed by atoms with van der Waals surface area (Å²) in [5.74, 6) is 0.0330. The standard InChI is InChI=1S/C19H22N4O/c1-14-5-6-17-16(12-14)18(24)22-19(21-17)7-10-23(11-8-19)13-15-4-2-3-9-20-15/h2-6,9,12,21H,7-8,10-11,13H2,1H3,(H,22,24). The van der Waals surface area contributed by atoms with Crippen molar-refractivity contribution >= 4 is 11.6 Å². The van der Waals surface area contributed by atoms with Gasteiger partial charge in [-0.05, 0) is 31.2 Å². The van der Waals surface area contributed by atoms with Crippen LogP contribution in [0.1, 0.15) is 34.5 Å². The van der Waals surface area contributed by atoms with E-state index >= 15 is 0 Å². The molecule has 0 saturated carbocycles. The number of piperidine rings is 1. The van der Waals surface area contributed by atoms with E-state index in [4.69, 9.17) is 0 Å². The van der Waals surface area contributed by atoms with Gasteiger partial charge in [-0.15, -0.1) is 0 Å². The van der Waals surface area contributed by atoms with E-state index in [0.29, 0.717) is 0 Å². The Morgan fingerprint density at radius 3 is 2.75 bits per heavy atom. The molecule has 1 saturated heterocycles. The highest BCUT2D eigenvalue weighted by Crippen LogP contribution is 2.32. The van der Waals surface area contributed by atoms with Crippen LogP contribution in [0.2, 0.25) is 0 Å². The van der Waals surface area contributed by atoms with Gasteiger partial charge in [0.15, 0.2) is 0 Å². The second-order valence-electron chi connectivity index (χ2n) is 6.81. The van der Waals surface area contributed by atoms with Gasteiger partial charge in [-0.25, -0.2) is 0 Å². The maximum atomic E-state index is 12.5. The number of aryl methyl sites for hydroxylation is 1. The fourth-order valence-electron chi connectivity index (χ4n) is 3.59. The monoisotopic (exact) mass is 322 g/mol. The average Bonchev–Trinajstić information content (AvgIpc) is 2.59. The van der Waals surface area contributed by atoms with Crippen LogP contribution < -0.4 is 10.6 Å². The molecule has 0 unspecified atom stereocenters. The van der Waals surface area contributed by atoms with Gasteiger partial charge >= 0.3 is 0 Å². The highest BCUT2D eigenvalue weighted by molar-refractivity contribution is 6.02. The number of benzene rings is 1. The van der Waals surface area contributed by atoms with Crippen LogP contribution in [-0.4, -0.2) is 34.5 Å². The zero-order chi connectivity index (χ0) is 16.6. The van der Waals surface area contributed by atoms with Gasteiger partial charge in [0.05, 0.1) is 11.3 Å². The molecule has 24 heavy (non-hydrogen) atoms. The number of carbonyl (C=O) groups is 1. The molecule has 1 aromatic carbocycles. The van der Waals surface area contributed by atoms with Crippen molar-refractivity contribution in [3.63, 3.8) is 0 Å². The summed E-state index contributed by atoms with van der Waals surface area (Å²) in [7, 11) is 0. The van der Waals surface area contributed by atoms with E-state index in [-0.39, 0.29) is 11.6 Å². The van der Waals surface area contributed by atoms with Gasteiger partial charge in [-0.2, -0.15) is 0 Å². The largest absolute Gasteiger partial charge is 0.362 e. The number of amides is 1. The maximum Gasteiger partial charge on any atom is 0.255 e. The molecule has 0 bridgehead atoms. The van der Waals surface area contributed by atoms with E-state index in [9.17, 15) is 4.79 Å². The quantitative estimate of drug-likeness (QED) is 0.892. The first kappa shape index (κ1) is 15.1. The van der Waals surface area contributed by atoms with Crippen LogP contribution in [0.5, 0.6) is 0 Å². The number of carbonyl (C=O) groups excluding carboxylic acids is 1. The first-order valence-corrected chi connectivity index (χ1v) is 8.47. The van der Waals surface area contributed by atoms with E-state index in [1.165, 1.54) is 0 Å². The van der Waals surface area contributed by atoms with E-state index in [1.54, 1.807) is 0 Å². The smallest absolute Gasteiger partial charge is 0.255 e. The van der Waals surface area contributed by atoms with Gasteiger partial charge in [-0.3, -0.25) is 14.7 Å². The molecular weight excluding hydrogens is 300 g/mol. The number of aromatic nitrogens is 1. The molecule has 2 N–H and O–H groups in total. The molecule has 2 aliphatic rings. The Morgan fingerprint density at radius 2 is 2.00 bits per heavy atom. The van der Waals surface area contributed by atoms with Crippen molar-refractivity contribution in [2.45, 2.75) is 32.0 Å².